The summed E-state index contributed by atoms with van der Waals surface area (Å²) in [4.78, 5) is 0. The molecule has 2 aromatic rings. The Bertz CT molecular complexity index is 638. The Morgan fingerprint density at radius 1 is 0.800 bits per heavy atom. The minimum absolute atomic E-state index is 0.107. The summed E-state index contributed by atoms with van der Waals surface area (Å²) in [6, 6.07) is 20.1. The molecule has 1 aliphatic rings. The van der Waals surface area contributed by atoms with Gasteiger partial charge in [-0.05, 0) is 28.3 Å². The largest absolute Gasteiger partial charge is 0.242 e. The molecule has 0 N–H and O–H groups in total. The summed E-state index contributed by atoms with van der Waals surface area (Å²) in [6.07, 6.45) is 2.91. The van der Waals surface area contributed by atoms with E-state index in [-0.39, 0.29) is 5.92 Å². The van der Waals surface area contributed by atoms with Crippen molar-refractivity contribution in [3.8, 4) is 0 Å². The van der Waals surface area contributed by atoms with Crippen LogP contribution in [0.5, 0.6) is 0 Å². The Hall–Kier alpha value is -2.15. The molecule has 0 aliphatic heterocycles. The van der Waals surface area contributed by atoms with Crippen LogP contribution in [0.1, 0.15) is 18.1 Å². The molecule has 0 fully saturated rings. The summed E-state index contributed by atoms with van der Waals surface area (Å²) in [6.45, 7) is 1.95. The van der Waals surface area contributed by atoms with E-state index in [4.69, 9.17) is 0 Å². The van der Waals surface area contributed by atoms with Crippen molar-refractivity contribution < 1.29 is 4.39 Å². The molecule has 1 heteroatoms. The standard InChI is InChI=1S/C19H17F/c1-14-18(16-10-6-3-7-11-16)12-17(13-19(14)20)15-8-4-2-5-9-15/h2-14,19H,1H3. The molecule has 0 bridgehead atoms. The summed E-state index contributed by atoms with van der Waals surface area (Å²) < 4.78 is 14.3. The lowest BCUT2D eigenvalue weighted by Gasteiger charge is -2.24. The highest BCUT2D eigenvalue weighted by Crippen LogP contribution is 2.36. The van der Waals surface area contributed by atoms with E-state index in [0.717, 1.165) is 22.3 Å². The highest BCUT2D eigenvalue weighted by molar-refractivity contribution is 5.87. The maximum absolute atomic E-state index is 14.3. The zero-order valence-electron chi connectivity index (χ0n) is 11.5. The van der Waals surface area contributed by atoms with Crippen molar-refractivity contribution in [3.05, 3.63) is 83.9 Å². The van der Waals surface area contributed by atoms with Crippen molar-refractivity contribution in [2.24, 2.45) is 5.92 Å². The second-order valence-corrected chi connectivity index (χ2v) is 5.19. The van der Waals surface area contributed by atoms with Crippen LogP contribution in [0.4, 0.5) is 4.39 Å². The van der Waals surface area contributed by atoms with Crippen LogP contribution in [0.2, 0.25) is 0 Å². The molecule has 3 rings (SSSR count). The van der Waals surface area contributed by atoms with Gasteiger partial charge in [0.2, 0.25) is 0 Å². The zero-order chi connectivity index (χ0) is 13.9. The highest BCUT2D eigenvalue weighted by Gasteiger charge is 2.24. The molecule has 0 saturated heterocycles. The summed E-state index contributed by atoms with van der Waals surface area (Å²) in [5.74, 6) is -0.107. The Kier molecular flexibility index (Phi) is 3.51. The number of benzene rings is 2. The first-order valence-electron chi connectivity index (χ1n) is 6.94. The van der Waals surface area contributed by atoms with Gasteiger partial charge in [0.15, 0.2) is 0 Å². The van der Waals surface area contributed by atoms with Gasteiger partial charge in [-0.1, -0.05) is 73.7 Å². The summed E-state index contributed by atoms with van der Waals surface area (Å²) in [7, 11) is 0. The monoisotopic (exact) mass is 264 g/mol. The molecule has 0 heterocycles. The van der Waals surface area contributed by atoms with Gasteiger partial charge < -0.3 is 0 Å². The van der Waals surface area contributed by atoms with Crippen LogP contribution < -0.4 is 0 Å². The fourth-order valence-corrected chi connectivity index (χ4v) is 2.62. The predicted molar refractivity (Wildman–Crippen MR) is 82.9 cm³/mol. The molecule has 0 saturated carbocycles. The van der Waals surface area contributed by atoms with Crippen LogP contribution in [0.15, 0.2) is 72.8 Å². The van der Waals surface area contributed by atoms with Gasteiger partial charge in [-0.15, -0.1) is 0 Å². The molecule has 0 amide bonds. The van der Waals surface area contributed by atoms with Crippen LogP contribution in [0.25, 0.3) is 11.1 Å². The Morgan fingerprint density at radius 3 is 1.95 bits per heavy atom. The molecule has 0 nitrogen and oxygen atoms in total. The van der Waals surface area contributed by atoms with Crippen molar-refractivity contribution >= 4 is 11.1 Å². The van der Waals surface area contributed by atoms with Crippen LogP contribution in [0.3, 0.4) is 0 Å². The highest BCUT2D eigenvalue weighted by atomic mass is 19.1. The maximum Gasteiger partial charge on any atom is 0.126 e. The molecule has 0 aromatic heterocycles. The zero-order valence-corrected chi connectivity index (χ0v) is 11.5. The fourth-order valence-electron chi connectivity index (χ4n) is 2.62. The van der Waals surface area contributed by atoms with Crippen molar-refractivity contribution in [2.75, 3.05) is 0 Å². The van der Waals surface area contributed by atoms with Crippen LogP contribution in [-0.4, -0.2) is 6.17 Å². The van der Waals surface area contributed by atoms with Gasteiger partial charge in [-0.25, -0.2) is 4.39 Å². The second-order valence-electron chi connectivity index (χ2n) is 5.19. The van der Waals surface area contributed by atoms with Gasteiger partial charge >= 0.3 is 0 Å². The van der Waals surface area contributed by atoms with Gasteiger partial charge in [0.05, 0.1) is 0 Å². The third-order valence-corrected chi connectivity index (χ3v) is 3.83. The lowest BCUT2D eigenvalue weighted by Crippen LogP contribution is -2.16. The second kappa shape index (κ2) is 5.46. The topological polar surface area (TPSA) is 0 Å². The lowest BCUT2D eigenvalue weighted by molar-refractivity contribution is 0.342. The van der Waals surface area contributed by atoms with Gasteiger partial charge in [0, 0.05) is 5.92 Å². The normalized spacial score (nSPS) is 22.1. The van der Waals surface area contributed by atoms with Gasteiger partial charge in [-0.3, -0.25) is 0 Å². The van der Waals surface area contributed by atoms with Crippen LogP contribution in [0, 0.1) is 5.92 Å². The van der Waals surface area contributed by atoms with Gasteiger partial charge in [-0.2, -0.15) is 0 Å². The number of hydrogen-bond donors (Lipinski definition) is 0. The summed E-state index contributed by atoms with van der Waals surface area (Å²) in [5.41, 5.74) is 4.20. The number of hydrogen-bond acceptors (Lipinski definition) is 0. The first kappa shape index (κ1) is 12.9. The van der Waals surface area contributed by atoms with E-state index >= 15 is 0 Å². The van der Waals surface area contributed by atoms with Crippen molar-refractivity contribution in [1.82, 2.24) is 0 Å². The number of rotatable bonds is 2. The number of alkyl halides is 1. The molecule has 1 aliphatic carbocycles. The molecule has 2 atom stereocenters. The summed E-state index contributed by atoms with van der Waals surface area (Å²) in [5, 5.41) is 0. The Morgan fingerprint density at radius 2 is 1.35 bits per heavy atom. The molecule has 100 valence electrons. The molecule has 2 unspecified atom stereocenters. The molecule has 2 aromatic carbocycles. The minimum atomic E-state index is -0.939. The van der Waals surface area contributed by atoms with Crippen molar-refractivity contribution in [1.29, 1.82) is 0 Å². The third kappa shape index (κ3) is 2.44. The van der Waals surface area contributed by atoms with Gasteiger partial charge in [0.25, 0.3) is 0 Å². The van der Waals surface area contributed by atoms with E-state index in [1.54, 1.807) is 6.08 Å². The SMILES string of the molecule is CC1C(c2ccccc2)=CC(c2ccccc2)=CC1F. The minimum Gasteiger partial charge on any atom is -0.242 e. The third-order valence-electron chi connectivity index (χ3n) is 3.83. The Balaban J connectivity index is 2.05. The van der Waals surface area contributed by atoms with E-state index < -0.39 is 6.17 Å². The fraction of sp³-hybridized carbons (Fsp3) is 0.158. The lowest BCUT2D eigenvalue weighted by atomic mass is 9.83. The van der Waals surface area contributed by atoms with Crippen molar-refractivity contribution in [2.45, 2.75) is 13.1 Å². The summed E-state index contributed by atoms with van der Waals surface area (Å²) >= 11 is 0. The maximum atomic E-state index is 14.3. The van der Waals surface area contributed by atoms with E-state index in [0.29, 0.717) is 0 Å². The first-order valence-corrected chi connectivity index (χ1v) is 6.94. The quantitative estimate of drug-likeness (QED) is 0.704. The van der Waals surface area contributed by atoms with Crippen LogP contribution in [-0.2, 0) is 0 Å². The molecular weight excluding hydrogens is 247 g/mol. The predicted octanol–water partition coefficient (Wildman–Crippen LogP) is 5.14. The average molecular weight is 264 g/mol. The molecule has 20 heavy (non-hydrogen) atoms. The van der Waals surface area contributed by atoms with E-state index in [1.807, 2.05) is 67.6 Å². The Labute approximate surface area is 119 Å². The van der Waals surface area contributed by atoms with Crippen LogP contribution >= 0.6 is 0 Å². The van der Waals surface area contributed by atoms with Gasteiger partial charge in [0.1, 0.15) is 6.17 Å². The number of halogens is 1. The van der Waals surface area contributed by atoms with E-state index in [1.165, 1.54) is 0 Å². The average Bonchev–Trinajstić information content (AvgIpc) is 2.51. The molecule has 0 spiro atoms. The van der Waals surface area contributed by atoms with E-state index in [2.05, 4.69) is 6.08 Å². The van der Waals surface area contributed by atoms with E-state index in [9.17, 15) is 4.39 Å². The van der Waals surface area contributed by atoms with Crippen molar-refractivity contribution in [3.63, 3.8) is 0 Å². The first-order chi connectivity index (χ1) is 9.75. The molecular formula is C19H17F. The molecule has 0 radical (unpaired) electrons. The smallest absolute Gasteiger partial charge is 0.126 e. The number of allylic oxidation sites excluding steroid dienone is 4.